The summed E-state index contributed by atoms with van der Waals surface area (Å²) in [6.07, 6.45) is 5.13. The van der Waals surface area contributed by atoms with Crippen molar-refractivity contribution in [3.63, 3.8) is 0 Å². The maximum atomic E-state index is 12.3. The van der Waals surface area contributed by atoms with Gasteiger partial charge in [-0.2, -0.15) is 5.10 Å². The molecule has 3 heterocycles. The molecule has 1 saturated heterocycles. The molecule has 8 heteroatoms. The molecule has 1 aliphatic rings. The van der Waals surface area contributed by atoms with Crippen molar-refractivity contribution < 1.29 is 14.3 Å². The highest BCUT2D eigenvalue weighted by atomic mass is 16.5. The van der Waals surface area contributed by atoms with Gasteiger partial charge in [0.25, 0.3) is 5.91 Å². The van der Waals surface area contributed by atoms with Gasteiger partial charge >= 0.3 is 5.97 Å². The lowest BCUT2D eigenvalue weighted by atomic mass is 10.1. The van der Waals surface area contributed by atoms with Crippen LogP contribution in [0.2, 0.25) is 0 Å². The van der Waals surface area contributed by atoms with E-state index >= 15 is 0 Å². The Balaban J connectivity index is 1.28. The number of carbonyl (C=O) groups is 2. The number of pyridine rings is 1. The normalized spacial score (nSPS) is 13.6. The lowest BCUT2D eigenvalue weighted by Crippen LogP contribution is -2.29. The SMILES string of the molecule is Cc1cc(C)n(-c2ccc(C(=O)OCC(=O)Nc3ccc(N4CCCCC4)cc3)cn2)n1. The number of nitrogens with one attached hydrogen (secondary N) is 1. The largest absolute Gasteiger partial charge is 0.452 e. The van der Waals surface area contributed by atoms with Crippen molar-refractivity contribution in [1.82, 2.24) is 14.8 Å². The van der Waals surface area contributed by atoms with E-state index in [1.807, 2.05) is 44.2 Å². The number of ether oxygens (including phenoxy) is 1. The number of rotatable bonds is 6. The zero-order chi connectivity index (χ0) is 22.5. The summed E-state index contributed by atoms with van der Waals surface area (Å²) in [5.41, 5.74) is 3.94. The van der Waals surface area contributed by atoms with E-state index in [0.29, 0.717) is 11.5 Å². The molecule has 0 unspecified atom stereocenters. The highest BCUT2D eigenvalue weighted by molar-refractivity contribution is 5.95. The van der Waals surface area contributed by atoms with Crippen molar-refractivity contribution >= 4 is 23.3 Å². The van der Waals surface area contributed by atoms with Gasteiger partial charge in [-0.05, 0) is 75.6 Å². The number of piperidine rings is 1. The summed E-state index contributed by atoms with van der Waals surface area (Å²) < 4.78 is 6.84. The number of aromatic nitrogens is 3. The van der Waals surface area contributed by atoms with Crippen molar-refractivity contribution in [2.24, 2.45) is 0 Å². The lowest BCUT2D eigenvalue weighted by Gasteiger charge is -2.28. The van der Waals surface area contributed by atoms with E-state index in [-0.39, 0.29) is 12.2 Å². The van der Waals surface area contributed by atoms with Crippen LogP contribution in [0, 0.1) is 13.8 Å². The van der Waals surface area contributed by atoms with E-state index in [2.05, 4.69) is 20.3 Å². The van der Waals surface area contributed by atoms with E-state index in [0.717, 1.165) is 30.2 Å². The first-order valence-corrected chi connectivity index (χ1v) is 10.8. The van der Waals surface area contributed by atoms with Crippen LogP contribution in [-0.4, -0.2) is 46.3 Å². The fourth-order valence-corrected chi connectivity index (χ4v) is 3.81. The Kier molecular flexibility index (Phi) is 6.49. The third kappa shape index (κ3) is 5.14. The molecule has 0 saturated carbocycles. The van der Waals surface area contributed by atoms with Gasteiger partial charge in [0.1, 0.15) is 0 Å². The molecule has 1 amide bonds. The first kappa shape index (κ1) is 21.5. The minimum Gasteiger partial charge on any atom is -0.452 e. The summed E-state index contributed by atoms with van der Waals surface area (Å²) in [7, 11) is 0. The van der Waals surface area contributed by atoms with Gasteiger partial charge in [-0.1, -0.05) is 0 Å². The van der Waals surface area contributed by atoms with Crippen LogP contribution in [0.15, 0.2) is 48.7 Å². The number of anilines is 2. The third-order valence-corrected chi connectivity index (χ3v) is 5.42. The standard InChI is InChI=1S/C24H27N5O3/c1-17-14-18(2)29(27-17)22-11-6-19(15-25-22)24(31)32-16-23(30)26-20-7-9-21(10-8-20)28-12-4-3-5-13-28/h6-11,14-15H,3-5,12-13,16H2,1-2H3,(H,26,30). The van der Waals surface area contributed by atoms with Gasteiger partial charge in [0, 0.05) is 36.4 Å². The molecular formula is C24H27N5O3. The first-order chi connectivity index (χ1) is 15.5. The molecule has 0 bridgehead atoms. The van der Waals surface area contributed by atoms with Crippen LogP contribution in [0.5, 0.6) is 0 Å². The zero-order valence-corrected chi connectivity index (χ0v) is 18.4. The average Bonchev–Trinajstić information content (AvgIpc) is 3.16. The summed E-state index contributed by atoms with van der Waals surface area (Å²) in [5, 5.41) is 7.12. The lowest BCUT2D eigenvalue weighted by molar-refractivity contribution is -0.119. The number of hydrogen-bond donors (Lipinski definition) is 1. The third-order valence-electron chi connectivity index (χ3n) is 5.42. The highest BCUT2D eigenvalue weighted by Crippen LogP contribution is 2.21. The predicted octanol–water partition coefficient (Wildman–Crippen LogP) is 3.67. The molecule has 1 aliphatic heterocycles. The molecule has 1 fully saturated rings. The Bertz CT molecular complexity index is 1080. The predicted molar refractivity (Wildman–Crippen MR) is 122 cm³/mol. The monoisotopic (exact) mass is 433 g/mol. The van der Waals surface area contributed by atoms with Crippen LogP contribution in [0.3, 0.4) is 0 Å². The number of carbonyl (C=O) groups excluding carboxylic acids is 2. The molecule has 8 nitrogen and oxygen atoms in total. The molecule has 32 heavy (non-hydrogen) atoms. The molecule has 3 aromatic rings. The van der Waals surface area contributed by atoms with Gasteiger partial charge in [-0.3, -0.25) is 4.79 Å². The van der Waals surface area contributed by atoms with E-state index in [1.165, 1.54) is 25.5 Å². The number of benzene rings is 1. The quantitative estimate of drug-likeness (QED) is 0.597. The maximum Gasteiger partial charge on any atom is 0.340 e. The van der Waals surface area contributed by atoms with Gasteiger partial charge in [-0.15, -0.1) is 0 Å². The second kappa shape index (κ2) is 9.64. The van der Waals surface area contributed by atoms with Crippen LogP contribution >= 0.6 is 0 Å². The Morgan fingerprint density at radius 3 is 2.41 bits per heavy atom. The van der Waals surface area contributed by atoms with Crippen LogP contribution < -0.4 is 10.2 Å². The smallest absolute Gasteiger partial charge is 0.340 e. The van der Waals surface area contributed by atoms with Crippen molar-refractivity contribution in [3.8, 4) is 5.82 Å². The van der Waals surface area contributed by atoms with Crippen LogP contribution in [0.4, 0.5) is 11.4 Å². The summed E-state index contributed by atoms with van der Waals surface area (Å²) >= 11 is 0. The molecule has 0 aliphatic carbocycles. The first-order valence-electron chi connectivity index (χ1n) is 10.8. The number of hydrogen-bond acceptors (Lipinski definition) is 6. The fourth-order valence-electron chi connectivity index (χ4n) is 3.81. The van der Waals surface area contributed by atoms with Crippen molar-refractivity contribution in [2.75, 3.05) is 29.9 Å². The Labute approximate surface area is 187 Å². The number of aryl methyl sites for hydroxylation is 2. The Hall–Kier alpha value is -3.68. The maximum absolute atomic E-state index is 12.3. The van der Waals surface area contributed by atoms with Gasteiger partial charge in [0.05, 0.1) is 11.3 Å². The van der Waals surface area contributed by atoms with Crippen molar-refractivity contribution in [3.05, 3.63) is 65.6 Å². The molecule has 4 rings (SSSR count). The molecule has 1 N–H and O–H groups in total. The van der Waals surface area contributed by atoms with Gasteiger partial charge in [0.15, 0.2) is 12.4 Å². The second-order valence-electron chi connectivity index (χ2n) is 7.96. The van der Waals surface area contributed by atoms with Gasteiger partial charge < -0.3 is 15.0 Å². The second-order valence-corrected chi connectivity index (χ2v) is 7.96. The summed E-state index contributed by atoms with van der Waals surface area (Å²) in [4.78, 5) is 31.1. The minimum atomic E-state index is -0.604. The van der Waals surface area contributed by atoms with E-state index in [1.54, 1.807) is 16.8 Å². The number of amides is 1. The Morgan fingerprint density at radius 1 is 1.03 bits per heavy atom. The molecule has 0 radical (unpaired) electrons. The minimum absolute atomic E-state index is 0.272. The molecule has 166 valence electrons. The highest BCUT2D eigenvalue weighted by Gasteiger charge is 2.14. The average molecular weight is 434 g/mol. The van der Waals surface area contributed by atoms with E-state index in [4.69, 9.17) is 4.74 Å². The van der Waals surface area contributed by atoms with Gasteiger partial charge in [-0.25, -0.2) is 14.5 Å². The topological polar surface area (TPSA) is 89.4 Å². The van der Waals surface area contributed by atoms with Crippen molar-refractivity contribution in [1.29, 1.82) is 0 Å². The van der Waals surface area contributed by atoms with Crippen molar-refractivity contribution in [2.45, 2.75) is 33.1 Å². The summed E-state index contributed by atoms with van der Waals surface area (Å²) in [6, 6.07) is 13.0. The molecule has 0 spiro atoms. The van der Waals surface area contributed by atoms with Crippen LogP contribution in [0.1, 0.15) is 41.0 Å². The van der Waals surface area contributed by atoms with Crippen LogP contribution in [0.25, 0.3) is 5.82 Å². The molecule has 2 aromatic heterocycles. The van der Waals surface area contributed by atoms with Gasteiger partial charge in [0.2, 0.25) is 0 Å². The van der Waals surface area contributed by atoms with E-state index < -0.39 is 11.9 Å². The van der Waals surface area contributed by atoms with Crippen LogP contribution in [-0.2, 0) is 9.53 Å². The van der Waals surface area contributed by atoms with E-state index in [9.17, 15) is 9.59 Å². The number of esters is 1. The zero-order valence-electron chi connectivity index (χ0n) is 18.4. The summed E-state index contributed by atoms with van der Waals surface area (Å²) in [6.45, 7) is 5.61. The number of nitrogens with zero attached hydrogens (tertiary/aromatic N) is 4. The Morgan fingerprint density at radius 2 is 1.78 bits per heavy atom. The molecular weight excluding hydrogens is 406 g/mol. The molecule has 1 aromatic carbocycles. The fraction of sp³-hybridized carbons (Fsp3) is 0.333. The molecule has 0 atom stereocenters. The summed E-state index contributed by atoms with van der Waals surface area (Å²) in [5.74, 6) is -0.387.